The van der Waals surface area contributed by atoms with E-state index in [1.54, 1.807) is 32.4 Å². The lowest BCUT2D eigenvalue weighted by Crippen LogP contribution is -2.22. The molecule has 2 aromatic rings. The molecule has 0 aromatic heterocycles. The second-order valence-corrected chi connectivity index (χ2v) is 6.44. The van der Waals surface area contributed by atoms with Gasteiger partial charge in [-0.2, -0.15) is 0 Å². The molecule has 5 nitrogen and oxygen atoms in total. The topological polar surface area (TPSA) is 59.6 Å². The van der Waals surface area contributed by atoms with Crippen molar-refractivity contribution in [3.63, 3.8) is 0 Å². The molecular formula is C19H24N2O3. The van der Waals surface area contributed by atoms with E-state index in [-0.39, 0.29) is 11.4 Å². The van der Waals surface area contributed by atoms with E-state index in [0.29, 0.717) is 17.2 Å². The van der Waals surface area contributed by atoms with E-state index in [1.807, 2.05) is 24.3 Å². The Hall–Kier alpha value is -2.69. The van der Waals surface area contributed by atoms with Crippen LogP contribution in [0.15, 0.2) is 42.5 Å². The van der Waals surface area contributed by atoms with Gasteiger partial charge in [0.25, 0.3) is 0 Å². The molecule has 2 aromatic carbocycles. The van der Waals surface area contributed by atoms with Crippen molar-refractivity contribution >= 4 is 17.4 Å². The van der Waals surface area contributed by atoms with E-state index in [0.717, 1.165) is 11.3 Å². The molecule has 2 N–H and O–H groups in total. The highest BCUT2D eigenvalue weighted by molar-refractivity contribution is 6.00. The summed E-state index contributed by atoms with van der Waals surface area (Å²) in [5.41, 5.74) is 2.43. The highest BCUT2D eigenvalue weighted by Crippen LogP contribution is 2.31. The second kappa shape index (κ2) is 7.25. The van der Waals surface area contributed by atoms with Crippen molar-refractivity contribution < 1.29 is 14.3 Å². The molecule has 0 unspecified atom stereocenters. The molecule has 0 aliphatic rings. The third kappa shape index (κ3) is 4.19. The molecule has 0 aliphatic heterocycles. The van der Waals surface area contributed by atoms with E-state index in [9.17, 15) is 4.79 Å². The van der Waals surface area contributed by atoms with Gasteiger partial charge in [0, 0.05) is 17.4 Å². The monoisotopic (exact) mass is 328 g/mol. The summed E-state index contributed by atoms with van der Waals surface area (Å²) in [5, 5.41) is 5.72. The van der Waals surface area contributed by atoms with Crippen molar-refractivity contribution in [3.8, 4) is 11.5 Å². The van der Waals surface area contributed by atoms with Crippen LogP contribution in [0.25, 0.3) is 0 Å². The van der Waals surface area contributed by atoms with Gasteiger partial charge in [0.05, 0.1) is 14.2 Å². The number of hydrogen-bond donors (Lipinski definition) is 2. The molecule has 0 saturated heterocycles. The molecule has 2 amide bonds. The molecule has 0 fully saturated rings. The maximum Gasteiger partial charge on any atom is 0.323 e. The Labute approximate surface area is 143 Å². The summed E-state index contributed by atoms with van der Waals surface area (Å²) in [4.78, 5) is 12.3. The first-order valence-electron chi connectivity index (χ1n) is 7.74. The summed E-state index contributed by atoms with van der Waals surface area (Å²) >= 11 is 0. The van der Waals surface area contributed by atoms with Crippen LogP contribution in [-0.2, 0) is 5.41 Å². The fraction of sp³-hybridized carbons (Fsp3) is 0.316. The number of para-hydroxylation sites is 1. The van der Waals surface area contributed by atoms with E-state index >= 15 is 0 Å². The average molecular weight is 328 g/mol. The number of ether oxygens (including phenoxy) is 2. The van der Waals surface area contributed by atoms with Crippen LogP contribution in [-0.4, -0.2) is 20.3 Å². The summed E-state index contributed by atoms with van der Waals surface area (Å²) in [5.74, 6) is 1.17. The minimum atomic E-state index is -0.307. The lowest BCUT2D eigenvalue weighted by molar-refractivity contribution is 0.262. The van der Waals surface area contributed by atoms with Gasteiger partial charge in [0.15, 0.2) is 11.5 Å². The van der Waals surface area contributed by atoms with Crippen molar-refractivity contribution in [2.75, 3.05) is 24.9 Å². The SMILES string of the molecule is COc1ccc(NC(=O)Nc2ccccc2C(C)(C)C)cc1OC. The van der Waals surface area contributed by atoms with Gasteiger partial charge in [-0.15, -0.1) is 0 Å². The van der Waals surface area contributed by atoms with Crippen LogP contribution >= 0.6 is 0 Å². The number of benzene rings is 2. The smallest absolute Gasteiger partial charge is 0.323 e. The molecule has 128 valence electrons. The predicted octanol–water partition coefficient (Wildman–Crippen LogP) is 4.65. The predicted molar refractivity (Wildman–Crippen MR) is 97.3 cm³/mol. The molecule has 24 heavy (non-hydrogen) atoms. The Morgan fingerprint density at radius 3 is 2.21 bits per heavy atom. The number of carbonyl (C=O) groups excluding carboxylic acids is 1. The largest absolute Gasteiger partial charge is 0.493 e. The molecule has 2 rings (SSSR count). The van der Waals surface area contributed by atoms with Crippen molar-refractivity contribution in [3.05, 3.63) is 48.0 Å². The first-order chi connectivity index (χ1) is 11.3. The van der Waals surface area contributed by atoms with Gasteiger partial charge in [0.1, 0.15) is 0 Å². The quantitative estimate of drug-likeness (QED) is 0.859. The molecule has 0 heterocycles. The van der Waals surface area contributed by atoms with E-state index in [2.05, 4.69) is 31.4 Å². The summed E-state index contributed by atoms with van der Waals surface area (Å²) in [6, 6.07) is 12.7. The maximum absolute atomic E-state index is 12.3. The van der Waals surface area contributed by atoms with Crippen molar-refractivity contribution in [2.45, 2.75) is 26.2 Å². The fourth-order valence-corrected chi connectivity index (χ4v) is 2.44. The van der Waals surface area contributed by atoms with Crippen molar-refractivity contribution in [1.29, 1.82) is 0 Å². The summed E-state index contributed by atoms with van der Waals surface area (Å²) in [7, 11) is 3.13. The number of hydrogen-bond acceptors (Lipinski definition) is 3. The fourth-order valence-electron chi connectivity index (χ4n) is 2.44. The Morgan fingerprint density at radius 1 is 0.917 bits per heavy atom. The van der Waals surface area contributed by atoms with Crippen molar-refractivity contribution in [2.24, 2.45) is 0 Å². The van der Waals surface area contributed by atoms with Gasteiger partial charge in [-0.25, -0.2) is 4.79 Å². The normalized spacial score (nSPS) is 10.9. The van der Waals surface area contributed by atoms with E-state index in [4.69, 9.17) is 9.47 Å². The molecule has 0 aliphatic carbocycles. The number of urea groups is 1. The number of rotatable bonds is 4. The molecule has 5 heteroatoms. The Bertz CT molecular complexity index is 721. The number of carbonyl (C=O) groups is 1. The molecule has 0 spiro atoms. The first kappa shape index (κ1) is 17.7. The van der Waals surface area contributed by atoms with E-state index < -0.39 is 0 Å². The molecular weight excluding hydrogens is 304 g/mol. The Kier molecular flexibility index (Phi) is 5.34. The highest BCUT2D eigenvalue weighted by Gasteiger charge is 2.18. The Balaban J connectivity index is 2.15. The average Bonchev–Trinajstić information content (AvgIpc) is 2.54. The lowest BCUT2D eigenvalue weighted by Gasteiger charge is -2.23. The van der Waals surface area contributed by atoms with Crippen LogP contribution in [0.3, 0.4) is 0 Å². The zero-order chi connectivity index (χ0) is 17.7. The number of amides is 2. The Morgan fingerprint density at radius 2 is 1.58 bits per heavy atom. The summed E-state index contributed by atoms with van der Waals surface area (Å²) in [6.45, 7) is 6.33. The highest BCUT2D eigenvalue weighted by atomic mass is 16.5. The molecule has 0 radical (unpaired) electrons. The van der Waals surface area contributed by atoms with Gasteiger partial charge in [-0.3, -0.25) is 0 Å². The van der Waals surface area contributed by atoms with Crippen molar-refractivity contribution in [1.82, 2.24) is 0 Å². The number of nitrogens with one attached hydrogen (secondary N) is 2. The lowest BCUT2D eigenvalue weighted by atomic mass is 9.86. The molecule has 0 bridgehead atoms. The van der Waals surface area contributed by atoms with Gasteiger partial charge in [-0.1, -0.05) is 39.0 Å². The summed E-state index contributed by atoms with van der Waals surface area (Å²) < 4.78 is 10.4. The van der Waals surface area contributed by atoms with Crippen LogP contribution in [0.5, 0.6) is 11.5 Å². The third-order valence-electron chi connectivity index (χ3n) is 3.62. The van der Waals surface area contributed by atoms with E-state index in [1.165, 1.54) is 0 Å². The van der Waals surface area contributed by atoms with Gasteiger partial charge < -0.3 is 20.1 Å². The van der Waals surface area contributed by atoms with Gasteiger partial charge >= 0.3 is 6.03 Å². The van der Waals surface area contributed by atoms with Crippen LogP contribution < -0.4 is 20.1 Å². The number of anilines is 2. The first-order valence-corrected chi connectivity index (χ1v) is 7.74. The van der Waals surface area contributed by atoms with Gasteiger partial charge in [0.2, 0.25) is 0 Å². The summed E-state index contributed by atoms with van der Waals surface area (Å²) in [6.07, 6.45) is 0. The van der Waals surface area contributed by atoms with Crippen LogP contribution in [0.4, 0.5) is 16.2 Å². The van der Waals surface area contributed by atoms with Crippen LogP contribution in [0.1, 0.15) is 26.3 Å². The minimum Gasteiger partial charge on any atom is -0.493 e. The zero-order valence-corrected chi connectivity index (χ0v) is 14.8. The van der Waals surface area contributed by atoms with Gasteiger partial charge in [-0.05, 0) is 29.2 Å². The number of methoxy groups -OCH3 is 2. The third-order valence-corrected chi connectivity index (χ3v) is 3.62. The molecule has 0 saturated carbocycles. The zero-order valence-electron chi connectivity index (χ0n) is 14.8. The molecule has 0 atom stereocenters. The van der Waals surface area contributed by atoms with Crippen LogP contribution in [0, 0.1) is 0 Å². The second-order valence-electron chi connectivity index (χ2n) is 6.44. The van der Waals surface area contributed by atoms with Crippen LogP contribution in [0.2, 0.25) is 0 Å². The maximum atomic E-state index is 12.3. The minimum absolute atomic E-state index is 0.0623. The standard InChI is InChI=1S/C19H24N2O3/c1-19(2,3)14-8-6-7-9-15(14)21-18(22)20-13-10-11-16(23-4)17(12-13)24-5/h6-12H,1-5H3,(H2,20,21,22).